The highest BCUT2D eigenvalue weighted by atomic mass is 16.4. The molecule has 1 N–H and O–H groups in total. The predicted octanol–water partition coefficient (Wildman–Crippen LogP) is 1.89. The van der Waals surface area contributed by atoms with Crippen LogP contribution in [-0.2, 0) is 9.59 Å². The fourth-order valence-electron chi connectivity index (χ4n) is 2.22. The average molecular weight is 227 g/mol. The van der Waals surface area contributed by atoms with E-state index < -0.39 is 5.97 Å². The lowest BCUT2D eigenvalue weighted by Crippen LogP contribution is -2.41. The van der Waals surface area contributed by atoms with Crippen molar-refractivity contribution in [3.05, 3.63) is 0 Å². The molecule has 0 aromatic carbocycles. The van der Waals surface area contributed by atoms with E-state index in [1.165, 1.54) is 4.90 Å². The first-order valence-corrected chi connectivity index (χ1v) is 6.07. The first-order valence-electron chi connectivity index (χ1n) is 6.07. The van der Waals surface area contributed by atoms with Gasteiger partial charge in [-0.3, -0.25) is 9.59 Å². The predicted molar refractivity (Wildman–Crippen MR) is 61.1 cm³/mol. The van der Waals surface area contributed by atoms with Crippen molar-refractivity contribution in [1.29, 1.82) is 0 Å². The number of aliphatic carboxylic acids is 1. The van der Waals surface area contributed by atoms with E-state index in [0.29, 0.717) is 6.54 Å². The van der Waals surface area contributed by atoms with Crippen molar-refractivity contribution in [2.24, 2.45) is 5.41 Å². The van der Waals surface area contributed by atoms with Crippen LogP contribution in [0.2, 0.25) is 0 Å². The Morgan fingerprint density at radius 2 is 1.88 bits per heavy atom. The van der Waals surface area contributed by atoms with E-state index in [1.807, 2.05) is 6.92 Å². The van der Waals surface area contributed by atoms with Gasteiger partial charge in [0.2, 0.25) is 5.91 Å². The zero-order valence-corrected chi connectivity index (χ0v) is 10.2. The maximum atomic E-state index is 12.2. The molecule has 0 atom stereocenters. The quantitative estimate of drug-likeness (QED) is 0.722. The second-order valence-electron chi connectivity index (χ2n) is 4.65. The van der Waals surface area contributed by atoms with Crippen molar-refractivity contribution < 1.29 is 14.7 Å². The smallest absolute Gasteiger partial charge is 0.323 e. The van der Waals surface area contributed by atoms with E-state index in [0.717, 1.165) is 32.1 Å². The van der Waals surface area contributed by atoms with Crippen molar-refractivity contribution >= 4 is 11.9 Å². The van der Waals surface area contributed by atoms with Crippen LogP contribution in [0.3, 0.4) is 0 Å². The summed E-state index contributed by atoms with van der Waals surface area (Å²) in [6.45, 7) is 4.42. The number of hydrogen-bond acceptors (Lipinski definition) is 2. The molecular formula is C12H21NO3. The van der Waals surface area contributed by atoms with Gasteiger partial charge in [-0.05, 0) is 25.7 Å². The maximum Gasteiger partial charge on any atom is 0.323 e. The molecule has 1 aliphatic carbocycles. The number of carbonyl (C=O) groups excluding carboxylic acids is 1. The topological polar surface area (TPSA) is 57.6 Å². The zero-order valence-electron chi connectivity index (χ0n) is 10.2. The van der Waals surface area contributed by atoms with Gasteiger partial charge in [-0.2, -0.15) is 0 Å². The summed E-state index contributed by atoms with van der Waals surface area (Å²) in [6, 6.07) is 0. The molecule has 0 spiro atoms. The molecule has 0 aromatic rings. The molecule has 0 saturated heterocycles. The van der Waals surface area contributed by atoms with Crippen LogP contribution in [-0.4, -0.2) is 35.0 Å². The molecule has 1 amide bonds. The van der Waals surface area contributed by atoms with Crippen LogP contribution in [0.25, 0.3) is 0 Å². The standard InChI is InChI=1S/C12H21NO3/c1-3-5-12(6-7-12)11(16)13(8-4-2)9-10(14)15/h3-9H2,1-2H3,(H,14,15). The molecule has 1 fully saturated rings. The molecule has 0 aliphatic heterocycles. The largest absolute Gasteiger partial charge is 0.480 e. The van der Waals surface area contributed by atoms with Gasteiger partial charge in [0, 0.05) is 12.0 Å². The lowest BCUT2D eigenvalue weighted by atomic mass is 9.98. The third-order valence-electron chi connectivity index (χ3n) is 3.14. The Morgan fingerprint density at radius 1 is 1.25 bits per heavy atom. The number of carboxylic acid groups (broad SMARTS) is 1. The third kappa shape index (κ3) is 2.97. The second kappa shape index (κ2) is 5.32. The molecular weight excluding hydrogens is 206 g/mol. The fourth-order valence-corrected chi connectivity index (χ4v) is 2.22. The minimum absolute atomic E-state index is 0.0543. The molecule has 1 saturated carbocycles. The highest BCUT2D eigenvalue weighted by Crippen LogP contribution is 2.51. The number of rotatable bonds is 7. The van der Waals surface area contributed by atoms with Crippen LogP contribution < -0.4 is 0 Å². The van der Waals surface area contributed by atoms with Gasteiger partial charge >= 0.3 is 5.97 Å². The minimum Gasteiger partial charge on any atom is -0.480 e. The summed E-state index contributed by atoms with van der Waals surface area (Å²) >= 11 is 0. The van der Waals surface area contributed by atoms with Gasteiger partial charge in [-0.25, -0.2) is 0 Å². The van der Waals surface area contributed by atoms with Gasteiger partial charge in [-0.15, -0.1) is 0 Å². The maximum absolute atomic E-state index is 12.2. The highest BCUT2D eigenvalue weighted by Gasteiger charge is 2.50. The van der Waals surface area contributed by atoms with Crippen molar-refractivity contribution in [2.45, 2.75) is 46.0 Å². The monoisotopic (exact) mass is 227 g/mol. The van der Waals surface area contributed by atoms with Crippen LogP contribution in [0.5, 0.6) is 0 Å². The Hall–Kier alpha value is -1.06. The van der Waals surface area contributed by atoms with Gasteiger partial charge in [0.15, 0.2) is 0 Å². The van der Waals surface area contributed by atoms with Gasteiger partial charge < -0.3 is 10.0 Å². The summed E-state index contributed by atoms with van der Waals surface area (Å²) in [5.74, 6) is -0.868. The van der Waals surface area contributed by atoms with E-state index in [4.69, 9.17) is 5.11 Å². The van der Waals surface area contributed by atoms with Gasteiger partial charge in [-0.1, -0.05) is 20.3 Å². The van der Waals surface area contributed by atoms with E-state index in [2.05, 4.69) is 6.92 Å². The Kier molecular flexibility index (Phi) is 4.33. The average Bonchev–Trinajstić information content (AvgIpc) is 2.97. The third-order valence-corrected chi connectivity index (χ3v) is 3.14. The molecule has 92 valence electrons. The lowest BCUT2D eigenvalue weighted by Gasteiger charge is -2.25. The Bertz CT molecular complexity index is 271. The zero-order chi connectivity index (χ0) is 12.2. The summed E-state index contributed by atoms with van der Waals surface area (Å²) in [5, 5.41) is 8.78. The second-order valence-corrected chi connectivity index (χ2v) is 4.65. The molecule has 0 unspecified atom stereocenters. The summed E-state index contributed by atoms with van der Waals surface area (Å²) in [4.78, 5) is 24.4. The number of hydrogen-bond donors (Lipinski definition) is 1. The summed E-state index contributed by atoms with van der Waals surface area (Å²) in [6.07, 6.45) is 4.55. The van der Waals surface area contributed by atoms with Crippen molar-refractivity contribution in [3.63, 3.8) is 0 Å². The Morgan fingerprint density at radius 3 is 2.25 bits per heavy atom. The van der Waals surface area contributed by atoms with Crippen LogP contribution in [0.15, 0.2) is 0 Å². The Balaban J connectivity index is 2.63. The van der Waals surface area contributed by atoms with Crippen molar-refractivity contribution in [3.8, 4) is 0 Å². The number of carbonyl (C=O) groups is 2. The van der Waals surface area contributed by atoms with E-state index in [-0.39, 0.29) is 17.9 Å². The highest BCUT2D eigenvalue weighted by molar-refractivity contribution is 5.88. The van der Waals surface area contributed by atoms with Crippen LogP contribution in [0.1, 0.15) is 46.0 Å². The van der Waals surface area contributed by atoms with Crippen LogP contribution in [0, 0.1) is 5.41 Å². The number of amides is 1. The first kappa shape index (κ1) is 13.0. The molecule has 1 aliphatic rings. The molecule has 0 bridgehead atoms. The molecule has 16 heavy (non-hydrogen) atoms. The summed E-state index contributed by atoms with van der Waals surface area (Å²) in [5.41, 5.74) is -0.209. The van der Waals surface area contributed by atoms with Crippen LogP contribution >= 0.6 is 0 Å². The molecule has 0 radical (unpaired) electrons. The van der Waals surface area contributed by atoms with E-state index in [9.17, 15) is 9.59 Å². The van der Waals surface area contributed by atoms with Crippen molar-refractivity contribution in [1.82, 2.24) is 4.90 Å². The molecule has 1 rings (SSSR count). The minimum atomic E-state index is -0.922. The van der Waals surface area contributed by atoms with Gasteiger partial charge in [0.1, 0.15) is 6.54 Å². The van der Waals surface area contributed by atoms with E-state index >= 15 is 0 Å². The first-order chi connectivity index (χ1) is 7.55. The summed E-state index contributed by atoms with van der Waals surface area (Å²) in [7, 11) is 0. The molecule has 0 aromatic heterocycles. The number of nitrogens with zero attached hydrogens (tertiary/aromatic N) is 1. The Labute approximate surface area is 96.6 Å². The number of carboxylic acids is 1. The van der Waals surface area contributed by atoms with Crippen molar-refractivity contribution in [2.75, 3.05) is 13.1 Å². The fraction of sp³-hybridized carbons (Fsp3) is 0.833. The van der Waals surface area contributed by atoms with Crippen LogP contribution in [0.4, 0.5) is 0 Å². The lowest BCUT2D eigenvalue weighted by molar-refractivity contribution is -0.147. The van der Waals surface area contributed by atoms with Gasteiger partial charge in [0.05, 0.1) is 0 Å². The van der Waals surface area contributed by atoms with Gasteiger partial charge in [0.25, 0.3) is 0 Å². The molecule has 4 heteroatoms. The normalized spacial score (nSPS) is 16.9. The molecule has 4 nitrogen and oxygen atoms in total. The SMILES string of the molecule is CCCN(CC(=O)O)C(=O)C1(CCC)CC1. The summed E-state index contributed by atoms with van der Waals surface area (Å²) < 4.78 is 0. The molecule has 0 heterocycles. The van der Waals surface area contributed by atoms with E-state index in [1.54, 1.807) is 0 Å².